The highest BCUT2D eigenvalue weighted by Crippen LogP contribution is 2.23. The normalized spacial score (nSPS) is 11.5. The van der Waals surface area contributed by atoms with Crippen molar-refractivity contribution in [1.29, 1.82) is 0 Å². The van der Waals surface area contributed by atoms with Crippen LogP contribution < -0.4 is 14.8 Å². The summed E-state index contributed by atoms with van der Waals surface area (Å²) in [6, 6.07) is 5.49. The first kappa shape index (κ1) is 21.3. The molecule has 0 radical (unpaired) electrons. The summed E-state index contributed by atoms with van der Waals surface area (Å²) in [7, 11) is 4.81. The van der Waals surface area contributed by atoms with E-state index < -0.39 is 0 Å². The number of nitrogens with one attached hydrogen (secondary N) is 1. The van der Waals surface area contributed by atoms with Gasteiger partial charge in [0, 0.05) is 25.9 Å². The fraction of sp³-hybridized carbons (Fsp3) is 0.300. The number of methoxy groups -OCH3 is 2. The number of benzene rings is 1. The molecule has 0 bridgehead atoms. The first-order valence-corrected chi connectivity index (χ1v) is 9.49. The summed E-state index contributed by atoms with van der Waals surface area (Å²) in [5.41, 5.74) is 1.59. The van der Waals surface area contributed by atoms with Crippen LogP contribution in [0.5, 0.6) is 11.5 Å². The smallest absolute Gasteiger partial charge is 0.263 e. The average Bonchev–Trinajstić information content (AvgIpc) is 3.16. The fourth-order valence-electron chi connectivity index (χ4n) is 2.43. The van der Waals surface area contributed by atoms with Crippen molar-refractivity contribution in [3.63, 3.8) is 0 Å². The molecule has 1 N–H and O–H groups in total. The van der Waals surface area contributed by atoms with Crippen LogP contribution in [0.4, 0.5) is 0 Å². The third kappa shape index (κ3) is 5.26. The Kier molecular flexibility index (Phi) is 7.88. The molecule has 0 saturated heterocycles. The third-order valence-electron chi connectivity index (χ3n) is 3.81. The Balaban J connectivity index is 2.20. The summed E-state index contributed by atoms with van der Waals surface area (Å²) in [5.74, 6) is 1.62. The molecule has 0 unspecified atom stereocenters. The Hall–Kier alpha value is -3.00. The molecule has 2 rings (SSSR count). The SMILES string of the molecule is C=CC=NC(=NC)c1nc(CC)c(C(=O)NCc2cc(OC)cc(OC)c2)s1. The monoisotopic (exact) mass is 400 g/mol. The van der Waals surface area contributed by atoms with Crippen LogP contribution in [0.2, 0.25) is 0 Å². The molecule has 1 amide bonds. The van der Waals surface area contributed by atoms with E-state index in [4.69, 9.17) is 9.47 Å². The number of carbonyl (C=O) groups is 1. The largest absolute Gasteiger partial charge is 0.497 e. The molecule has 148 valence electrons. The second-order valence-electron chi connectivity index (χ2n) is 5.61. The zero-order chi connectivity index (χ0) is 20.5. The Bertz CT molecular complexity index is 881. The van der Waals surface area contributed by atoms with Crippen LogP contribution in [0, 0.1) is 0 Å². The summed E-state index contributed by atoms with van der Waals surface area (Å²) in [6.45, 7) is 5.90. The number of allylic oxidation sites excluding steroid dienone is 1. The van der Waals surface area contributed by atoms with E-state index >= 15 is 0 Å². The molecule has 2 aromatic rings. The molecular formula is C20H24N4O3S. The van der Waals surface area contributed by atoms with Crippen LogP contribution in [0.15, 0.2) is 40.8 Å². The minimum Gasteiger partial charge on any atom is -0.497 e. The Labute approximate surface area is 168 Å². The van der Waals surface area contributed by atoms with E-state index in [-0.39, 0.29) is 5.91 Å². The number of aliphatic imine (C=N–C) groups is 2. The number of hydrogen-bond acceptors (Lipinski definition) is 6. The van der Waals surface area contributed by atoms with E-state index in [0.29, 0.717) is 40.2 Å². The van der Waals surface area contributed by atoms with Crippen molar-refractivity contribution in [2.24, 2.45) is 9.98 Å². The topological polar surface area (TPSA) is 85.2 Å². The Morgan fingerprint density at radius 2 is 1.96 bits per heavy atom. The number of hydrogen-bond donors (Lipinski definition) is 1. The lowest BCUT2D eigenvalue weighted by Crippen LogP contribution is -2.23. The zero-order valence-electron chi connectivity index (χ0n) is 16.5. The van der Waals surface area contributed by atoms with E-state index in [1.165, 1.54) is 11.3 Å². The first-order valence-electron chi connectivity index (χ1n) is 8.68. The maximum absolute atomic E-state index is 12.7. The van der Waals surface area contributed by atoms with Crippen molar-refractivity contribution >= 4 is 29.3 Å². The molecule has 8 heteroatoms. The van der Waals surface area contributed by atoms with Crippen LogP contribution in [0.25, 0.3) is 0 Å². The second-order valence-corrected chi connectivity index (χ2v) is 6.61. The van der Waals surface area contributed by atoms with E-state index in [1.807, 2.05) is 19.1 Å². The highest BCUT2D eigenvalue weighted by molar-refractivity contribution is 7.15. The van der Waals surface area contributed by atoms with Crippen LogP contribution in [-0.2, 0) is 13.0 Å². The maximum atomic E-state index is 12.7. The Morgan fingerprint density at radius 1 is 1.29 bits per heavy atom. The molecule has 0 aliphatic carbocycles. The highest BCUT2D eigenvalue weighted by Gasteiger charge is 2.19. The molecule has 0 aliphatic rings. The second kappa shape index (κ2) is 10.4. The predicted octanol–water partition coefficient (Wildman–Crippen LogP) is 3.29. The summed E-state index contributed by atoms with van der Waals surface area (Å²) in [5, 5.41) is 3.53. The van der Waals surface area contributed by atoms with Crippen molar-refractivity contribution < 1.29 is 14.3 Å². The minimum absolute atomic E-state index is 0.189. The molecule has 1 aromatic carbocycles. The highest BCUT2D eigenvalue weighted by atomic mass is 32.1. The van der Waals surface area contributed by atoms with Gasteiger partial charge in [0.15, 0.2) is 10.8 Å². The molecule has 28 heavy (non-hydrogen) atoms. The van der Waals surface area contributed by atoms with Gasteiger partial charge in [0.05, 0.1) is 19.9 Å². The number of aromatic nitrogens is 1. The minimum atomic E-state index is -0.189. The van der Waals surface area contributed by atoms with Crippen molar-refractivity contribution in [2.75, 3.05) is 21.3 Å². The quantitative estimate of drug-likeness (QED) is 0.544. The summed E-state index contributed by atoms with van der Waals surface area (Å²) in [6.07, 6.45) is 3.75. The van der Waals surface area contributed by atoms with Gasteiger partial charge in [-0.3, -0.25) is 9.79 Å². The van der Waals surface area contributed by atoms with Crippen molar-refractivity contribution in [1.82, 2.24) is 10.3 Å². The predicted molar refractivity (Wildman–Crippen MR) is 113 cm³/mol. The summed E-state index contributed by atoms with van der Waals surface area (Å²) in [4.78, 5) is 26.2. The lowest BCUT2D eigenvalue weighted by molar-refractivity contribution is 0.0953. The zero-order valence-corrected chi connectivity index (χ0v) is 17.3. The summed E-state index contributed by atoms with van der Waals surface area (Å²) < 4.78 is 10.5. The number of amidine groups is 1. The number of aryl methyl sites for hydroxylation is 1. The van der Waals surface area contributed by atoms with Gasteiger partial charge in [0.25, 0.3) is 5.91 Å². The molecule has 1 heterocycles. The van der Waals surface area contributed by atoms with Gasteiger partial charge < -0.3 is 14.8 Å². The van der Waals surface area contributed by atoms with E-state index in [9.17, 15) is 4.79 Å². The van der Waals surface area contributed by atoms with E-state index in [0.717, 1.165) is 11.3 Å². The van der Waals surface area contributed by atoms with Gasteiger partial charge >= 0.3 is 0 Å². The molecular weight excluding hydrogens is 376 g/mol. The van der Waals surface area contributed by atoms with Gasteiger partial charge in [-0.25, -0.2) is 9.98 Å². The maximum Gasteiger partial charge on any atom is 0.263 e. The molecule has 0 fully saturated rings. The van der Waals surface area contributed by atoms with Crippen LogP contribution in [-0.4, -0.2) is 44.2 Å². The fourth-order valence-corrected chi connectivity index (χ4v) is 3.48. The average molecular weight is 401 g/mol. The van der Waals surface area contributed by atoms with Crippen LogP contribution >= 0.6 is 11.3 Å². The molecule has 0 spiro atoms. The lowest BCUT2D eigenvalue weighted by atomic mass is 10.2. The first-order chi connectivity index (χ1) is 13.6. The van der Waals surface area contributed by atoms with Gasteiger partial charge in [-0.15, -0.1) is 11.3 Å². The number of rotatable bonds is 8. The van der Waals surface area contributed by atoms with Crippen LogP contribution in [0.3, 0.4) is 0 Å². The number of thiazole rings is 1. The van der Waals surface area contributed by atoms with E-state index in [2.05, 4.69) is 26.9 Å². The van der Waals surface area contributed by atoms with Crippen molar-refractivity contribution in [2.45, 2.75) is 19.9 Å². The standard InChI is InChI=1S/C20H24N4O3S/c1-6-8-22-18(21-3)20-24-16(7-2)17(28-20)19(25)23-12-13-9-14(26-4)11-15(10-13)27-5/h6,8-11H,1,7,12H2,2-5H3,(H,23,25). The van der Waals surface area contributed by atoms with Crippen molar-refractivity contribution in [3.8, 4) is 11.5 Å². The molecule has 0 atom stereocenters. The molecule has 7 nitrogen and oxygen atoms in total. The number of carbonyl (C=O) groups excluding carboxylic acids is 1. The van der Waals surface area contributed by atoms with Crippen molar-refractivity contribution in [3.05, 3.63) is 52.0 Å². The number of nitrogens with zero attached hydrogens (tertiary/aromatic N) is 3. The van der Waals surface area contributed by atoms with Gasteiger partial charge in [0.1, 0.15) is 16.4 Å². The van der Waals surface area contributed by atoms with Crippen LogP contribution in [0.1, 0.15) is 32.9 Å². The molecule has 1 aromatic heterocycles. The number of amides is 1. The summed E-state index contributed by atoms with van der Waals surface area (Å²) >= 11 is 1.27. The molecule has 0 aliphatic heterocycles. The van der Waals surface area contributed by atoms with E-state index in [1.54, 1.807) is 39.6 Å². The third-order valence-corrected chi connectivity index (χ3v) is 4.90. The van der Waals surface area contributed by atoms with Gasteiger partial charge in [-0.1, -0.05) is 19.6 Å². The Morgan fingerprint density at radius 3 is 2.50 bits per heavy atom. The van der Waals surface area contributed by atoms with Gasteiger partial charge in [-0.05, 0) is 24.1 Å². The number of ether oxygens (including phenoxy) is 2. The molecule has 0 saturated carbocycles. The van der Waals surface area contributed by atoms with Gasteiger partial charge in [0.2, 0.25) is 0 Å². The van der Waals surface area contributed by atoms with Gasteiger partial charge in [-0.2, -0.15) is 0 Å². The lowest BCUT2D eigenvalue weighted by Gasteiger charge is -2.09.